The van der Waals surface area contributed by atoms with Gasteiger partial charge in [-0.2, -0.15) is 13.2 Å². The van der Waals surface area contributed by atoms with Crippen molar-refractivity contribution in [2.24, 2.45) is 0 Å². The molecule has 0 fully saturated rings. The van der Waals surface area contributed by atoms with Gasteiger partial charge in [0.05, 0.1) is 31.0 Å². The Hall–Kier alpha value is -4.15. The van der Waals surface area contributed by atoms with Crippen molar-refractivity contribution in [1.82, 2.24) is 24.5 Å². The minimum Gasteiger partial charge on any atom is -0.495 e. The second-order valence-electron chi connectivity index (χ2n) is 10.1. The van der Waals surface area contributed by atoms with E-state index in [4.69, 9.17) is 4.74 Å². The average molecular weight is 525 g/mol. The lowest BCUT2D eigenvalue weighted by molar-refractivity contribution is -0.134. The third-order valence-corrected chi connectivity index (χ3v) is 6.81. The summed E-state index contributed by atoms with van der Waals surface area (Å²) in [5.74, 6) is -0.104. The second-order valence-corrected chi connectivity index (χ2v) is 10.1. The number of carbonyl (C=O) groups is 1. The van der Waals surface area contributed by atoms with E-state index >= 15 is 0 Å². The Kier molecular flexibility index (Phi) is 6.24. The third-order valence-electron chi connectivity index (χ3n) is 6.81. The number of amides is 1. The standard InChI is InChI=1S/C27H27F3N6O2/c1-17-13-34(16-31-17)22-10-9-18(11-24(22)38-4)20-14-36(33-32-20)23-12-26(2,3)19-7-5-6-8-21(19)35(25(23)37)15-27(28,29)30/h5-11,13-14,16,23H,12,15H2,1-4H3/t23-/m0/s1. The van der Waals surface area contributed by atoms with Gasteiger partial charge in [0.15, 0.2) is 0 Å². The molecule has 5 rings (SSSR count). The molecule has 0 N–H and O–H groups in total. The fourth-order valence-electron chi connectivity index (χ4n) is 4.97. The van der Waals surface area contributed by atoms with Crippen LogP contribution in [0.25, 0.3) is 16.9 Å². The summed E-state index contributed by atoms with van der Waals surface area (Å²) >= 11 is 0. The van der Waals surface area contributed by atoms with Crippen LogP contribution in [0.3, 0.4) is 0 Å². The maximum Gasteiger partial charge on any atom is 0.406 e. The number of alkyl halides is 3. The summed E-state index contributed by atoms with van der Waals surface area (Å²) < 4.78 is 49.5. The van der Waals surface area contributed by atoms with Crippen molar-refractivity contribution in [3.63, 3.8) is 0 Å². The lowest BCUT2D eigenvalue weighted by atomic mass is 9.79. The molecule has 1 atom stereocenters. The maximum absolute atomic E-state index is 13.6. The van der Waals surface area contributed by atoms with E-state index in [9.17, 15) is 18.0 Å². The van der Waals surface area contributed by atoms with Gasteiger partial charge in [-0.1, -0.05) is 43.3 Å². The summed E-state index contributed by atoms with van der Waals surface area (Å²) in [5, 5.41) is 8.44. The van der Waals surface area contributed by atoms with Gasteiger partial charge in [0, 0.05) is 17.4 Å². The molecule has 38 heavy (non-hydrogen) atoms. The number of halogens is 3. The first kappa shape index (κ1) is 25.5. The summed E-state index contributed by atoms with van der Waals surface area (Å²) in [6, 6.07) is 11.3. The van der Waals surface area contributed by atoms with E-state index in [1.807, 2.05) is 43.7 Å². The van der Waals surface area contributed by atoms with Crippen molar-refractivity contribution in [1.29, 1.82) is 0 Å². The van der Waals surface area contributed by atoms with E-state index in [1.54, 1.807) is 50.0 Å². The lowest BCUT2D eigenvalue weighted by Gasteiger charge is -2.27. The fraction of sp³-hybridized carbons (Fsp3) is 0.333. The van der Waals surface area contributed by atoms with Crippen LogP contribution in [0.2, 0.25) is 0 Å². The van der Waals surface area contributed by atoms with Gasteiger partial charge in [-0.3, -0.25) is 4.79 Å². The van der Waals surface area contributed by atoms with E-state index in [0.717, 1.165) is 16.3 Å². The number of nitrogens with zero attached hydrogens (tertiary/aromatic N) is 6. The fourth-order valence-corrected chi connectivity index (χ4v) is 4.97. The first-order chi connectivity index (χ1) is 18.0. The van der Waals surface area contributed by atoms with Crippen molar-refractivity contribution in [2.45, 2.75) is 44.8 Å². The van der Waals surface area contributed by atoms with Crippen molar-refractivity contribution >= 4 is 11.6 Å². The van der Waals surface area contributed by atoms with Gasteiger partial charge in [0.25, 0.3) is 5.91 Å². The molecule has 11 heteroatoms. The predicted molar refractivity (Wildman–Crippen MR) is 135 cm³/mol. The zero-order valence-corrected chi connectivity index (χ0v) is 21.4. The quantitative estimate of drug-likeness (QED) is 0.356. The van der Waals surface area contributed by atoms with Gasteiger partial charge in [0.2, 0.25) is 0 Å². The van der Waals surface area contributed by atoms with E-state index in [2.05, 4.69) is 15.3 Å². The molecule has 198 valence electrons. The number of hydrogen-bond donors (Lipinski definition) is 0. The first-order valence-corrected chi connectivity index (χ1v) is 12.1. The van der Waals surface area contributed by atoms with E-state index in [-0.39, 0.29) is 12.1 Å². The Morgan fingerprint density at radius 2 is 1.87 bits per heavy atom. The molecule has 0 saturated carbocycles. The van der Waals surface area contributed by atoms with Gasteiger partial charge >= 0.3 is 6.18 Å². The number of imidazole rings is 1. The lowest BCUT2D eigenvalue weighted by Crippen LogP contribution is -2.42. The summed E-state index contributed by atoms with van der Waals surface area (Å²) in [6.45, 7) is 4.34. The summed E-state index contributed by atoms with van der Waals surface area (Å²) in [7, 11) is 1.56. The van der Waals surface area contributed by atoms with Crippen molar-refractivity contribution < 1.29 is 22.7 Å². The van der Waals surface area contributed by atoms with Crippen LogP contribution >= 0.6 is 0 Å². The van der Waals surface area contributed by atoms with Crippen molar-refractivity contribution in [3.05, 3.63) is 72.4 Å². The molecule has 0 bridgehead atoms. The number of para-hydroxylation sites is 1. The van der Waals surface area contributed by atoms with Crippen LogP contribution < -0.4 is 9.64 Å². The Labute approximate surface area is 217 Å². The summed E-state index contributed by atoms with van der Waals surface area (Å²) in [4.78, 5) is 18.7. The third kappa shape index (κ3) is 4.75. The predicted octanol–water partition coefficient (Wildman–Crippen LogP) is 5.27. The van der Waals surface area contributed by atoms with Crippen LogP contribution in [0, 0.1) is 6.92 Å². The SMILES string of the molecule is COc1cc(-c2cn([C@H]3CC(C)(C)c4ccccc4N(CC(F)(F)F)C3=O)nn2)ccc1-n1cnc(C)c1. The van der Waals surface area contributed by atoms with Crippen molar-refractivity contribution in [2.75, 3.05) is 18.6 Å². The molecule has 1 aliphatic heterocycles. The molecule has 0 spiro atoms. The van der Waals surface area contributed by atoms with E-state index in [0.29, 0.717) is 22.6 Å². The summed E-state index contributed by atoms with van der Waals surface area (Å²) in [5.41, 5.74) is 3.13. The highest BCUT2D eigenvalue weighted by Crippen LogP contribution is 2.43. The monoisotopic (exact) mass is 524 g/mol. The van der Waals surface area contributed by atoms with Crippen LogP contribution in [-0.4, -0.2) is 50.3 Å². The average Bonchev–Trinajstić information content (AvgIpc) is 3.52. The molecule has 3 heterocycles. The number of hydrogen-bond acceptors (Lipinski definition) is 5. The molecular formula is C27H27F3N6O2. The highest BCUT2D eigenvalue weighted by molar-refractivity contribution is 5.98. The zero-order chi connectivity index (χ0) is 27.2. The Bertz CT molecular complexity index is 1490. The van der Waals surface area contributed by atoms with Gasteiger partial charge in [0.1, 0.15) is 24.0 Å². The number of anilines is 1. The number of aryl methyl sites for hydroxylation is 1. The molecule has 2 aromatic carbocycles. The number of methoxy groups -OCH3 is 1. The number of rotatable bonds is 5. The van der Waals surface area contributed by atoms with Crippen LogP contribution in [0.15, 0.2) is 61.2 Å². The molecule has 0 unspecified atom stereocenters. The van der Waals surface area contributed by atoms with Gasteiger partial charge in [-0.25, -0.2) is 9.67 Å². The van der Waals surface area contributed by atoms with Crippen LogP contribution in [0.4, 0.5) is 18.9 Å². The first-order valence-electron chi connectivity index (χ1n) is 12.1. The number of fused-ring (bicyclic) bond motifs is 1. The molecule has 4 aromatic rings. The zero-order valence-electron chi connectivity index (χ0n) is 21.4. The highest BCUT2D eigenvalue weighted by atomic mass is 19.4. The summed E-state index contributed by atoms with van der Waals surface area (Å²) in [6.07, 6.45) is 0.838. The number of aromatic nitrogens is 5. The second kappa shape index (κ2) is 9.30. The highest BCUT2D eigenvalue weighted by Gasteiger charge is 2.44. The molecule has 1 aliphatic rings. The minimum atomic E-state index is -4.57. The van der Waals surface area contributed by atoms with E-state index < -0.39 is 30.1 Å². The van der Waals surface area contributed by atoms with Crippen LogP contribution in [0.1, 0.15) is 37.6 Å². The number of carbonyl (C=O) groups excluding carboxylic acids is 1. The molecule has 8 nitrogen and oxygen atoms in total. The Balaban J connectivity index is 1.52. The molecule has 0 aliphatic carbocycles. The normalized spacial score (nSPS) is 17.3. The number of ether oxygens (including phenoxy) is 1. The largest absolute Gasteiger partial charge is 0.495 e. The minimum absolute atomic E-state index is 0.252. The van der Waals surface area contributed by atoms with Crippen molar-refractivity contribution in [3.8, 4) is 22.7 Å². The smallest absolute Gasteiger partial charge is 0.406 e. The molecule has 2 aromatic heterocycles. The number of benzene rings is 2. The molecular weight excluding hydrogens is 497 g/mol. The van der Waals surface area contributed by atoms with Crippen LogP contribution in [-0.2, 0) is 10.2 Å². The molecule has 0 radical (unpaired) electrons. The Morgan fingerprint density at radius 3 is 2.55 bits per heavy atom. The topological polar surface area (TPSA) is 78.1 Å². The van der Waals surface area contributed by atoms with Gasteiger partial charge in [-0.15, -0.1) is 5.10 Å². The Morgan fingerprint density at radius 1 is 1.11 bits per heavy atom. The maximum atomic E-state index is 13.6. The van der Waals surface area contributed by atoms with Crippen LogP contribution in [0.5, 0.6) is 5.75 Å². The molecule has 1 amide bonds. The van der Waals surface area contributed by atoms with Gasteiger partial charge in [-0.05, 0) is 42.5 Å². The van der Waals surface area contributed by atoms with E-state index in [1.165, 1.54) is 4.68 Å². The van der Waals surface area contributed by atoms with Gasteiger partial charge < -0.3 is 14.2 Å². The molecule has 0 saturated heterocycles.